The highest BCUT2D eigenvalue weighted by Crippen LogP contribution is 2.43. The molecule has 2 amide bonds. The average molecular weight is 651 g/mol. The molecule has 0 aromatic carbocycles. The van der Waals surface area contributed by atoms with Crippen molar-refractivity contribution in [2.24, 2.45) is 10.9 Å². The highest BCUT2D eigenvalue weighted by molar-refractivity contribution is 8.02. The number of carboxylic acids is 1. The Kier molecular flexibility index (Phi) is 9.40. The number of nitrogen functional groups attached to an aromatic ring is 1. The van der Waals surface area contributed by atoms with Crippen LogP contribution in [0, 0.1) is 28.1 Å². The number of amidine groups is 1. The molecule has 4 heterocycles. The number of carboxylic acid groups (broad SMARTS) is 1. The zero-order valence-electron chi connectivity index (χ0n) is 20.7. The van der Waals surface area contributed by atoms with Gasteiger partial charge >= 0.3 is 5.97 Å². The Balaban J connectivity index is 1.49. The predicted molar refractivity (Wildman–Crippen MR) is 154 cm³/mol. The number of thioether (sulfide) groups is 3. The van der Waals surface area contributed by atoms with Gasteiger partial charge in [0.2, 0.25) is 0 Å². The Hall–Kier alpha value is -3.82. The lowest BCUT2D eigenvalue weighted by atomic mass is 10.0. The molecule has 0 radical (unpaired) electrons. The largest absolute Gasteiger partial charge is 0.477 e. The van der Waals surface area contributed by atoms with Gasteiger partial charge in [0.25, 0.3) is 11.8 Å². The summed E-state index contributed by atoms with van der Waals surface area (Å²) in [6.07, 6.45) is 0. The molecule has 4 rings (SSSR count). The van der Waals surface area contributed by atoms with E-state index in [0.29, 0.717) is 9.78 Å². The lowest BCUT2D eigenvalue weighted by molar-refractivity contribution is -0.150. The first-order chi connectivity index (χ1) is 19.6. The molecule has 0 bridgehead atoms. The zero-order valence-corrected chi connectivity index (χ0v) is 24.8. The topological polar surface area (TPSA) is 258 Å². The molecular formula is C21H18N10O5S5. The van der Waals surface area contributed by atoms with Crippen molar-refractivity contribution in [3.63, 3.8) is 0 Å². The summed E-state index contributed by atoms with van der Waals surface area (Å²) in [7, 11) is 1.25. The maximum Gasteiger partial charge on any atom is 0.352 e. The number of amides is 2. The first kappa shape index (κ1) is 30.1. The minimum Gasteiger partial charge on any atom is -0.477 e. The van der Waals surface area contributed by atoms with E-state index in [0.717, 1.165) is 39.5 Å². The van der Waals surface area contributed by atoms with Crippen molar-refractivity contribution in [1.82, 2.24) is 19.6 Å². The molecular weight excluding hydrogens is 633 g/mol. The van der Waals surface area contributed by atoms with Crippen LogP contribution >= 0.6 is 58.2 Å². The van der Waals surface area contributed by atoms with Crippen molar-refractivity contribution in [1.29, 1.82) is 15.9 Å². The summed E-state index contributed by atoms with van der Waals surface area (Å²) >= 11 is 5.44. The molecule has 15 nitrogen and oxygen atoms in total. The van der Waals surface area contributed by atoms with Crippen LogP contribution in [-0.2, 0) is 19.2 Å². The maximum atomic E-state index is 13.1. The Morgan fingerprint density at radius 1 is 1.46 bits per heavy atom. The number of carbonyl (C=O) groups excluding carboxylic acids is 2. The molecule has 2 aliphatic rings. The molecule has 1 fully saturated rings. The van der Waals surface area contributed by atoms with Crippen LogP contribution in [0.5, 0.6) is 0 Å². The van der Waals surface area contributed by atoms with Gasteiger partial charge in [-0.15, -0.1) is 34.9 Å². The smallest absolute Gasteiger partial charge is 0.352 e. The van der Waals surface area contributed by atoms with Gasteiger partial charge in [-0.1, -0.05) is 16.9 Å². The molecule has 0 spiro atoms. The van der Waals surface area contributed by atoms with E-state index in [4.69, 9.17) is 21.7 Å². The van der Waals surface area contributed by atoms with Crippen molar-refractivity contribution in [3.05, 3.63) is 27.9 Å². The Bertz CT molecular complexity index is 1570. The van der Waals surface area contributed by atoms with Crippen LogP contribution in [-0.4, -0.2) is 84.0 Å². The van der Waals surface area contributed by atoms with Crippen LogP contribution in [0.15, 0.2) is 31.0 Å². The molecule has 3 atom stereocenters. The molecule has 1 unspecified atom stereocenters. The molecule has 20 heteroatoms. The van der Waals surface area contributed by atoms with Gasteiger partial charge in [0.1, 0.15) is 52.4 Å². The summed E-state index contributed by atoms with van der Waals surface area (Å²) in [5, 5.41) is 42.9. The highest BCUT2D eigenvalue weighted by atomic mass is 32.2. The number of nitriles is 2. The minimum absolute atomic E-state index is 0.146. The molecule has 0 saturated carbocycles. The first-order valence-electron chi connectivity index (χ1n) is 11.1. The summed E-state index contributed by atoms with van der Waals surface area (Å²) in [5.74, 6) is -2.61. The van der Waals surface area contributed by atoms with E-state index in [-0.39, 0.29) is 50.2 Å². The number of aromatic nitrogens is 2. The van der Waals surface area contributed by atoms with Gasteiger partial charge in [-0.25, -0.2) is 9.78 Å². The number of thiazole rings is 1. The van der Waals surface area contributed by atoms with E-state index in [1.54, 1.807) is 0 Å². The molecule has 2 aromatic rings. The number of nitrogens with one attached hydrogen (secondary N) is 2. The number of hydrogen-bond acceptors (Lipinski definition) is 16. The fourth-order valence-electron chi connectivity index (χ4n) is 3.65. The monoisotopic (exact) mass is 650 g/mol. The van der Waals surface area contributed by atoms with Crippen molar-refractivity contribution in [2.45, 2.75) is 25.9 Å². The average Bonchev–Trinajstić information content (AvgIpc) is 3.55. The van der Waals surface area contributed by atoms with E-state index in [1.807, 2.05) is 12.1 Å². The number of hydrogen-bond donors (Lipinski definition) is 5. The highest BCUT2D eigenvalue weighted by Gasteiger charge is 2.54. The number of aliphatic carboxylic acids is 1. The van der Waals surface area contributed by atoms with Crippen molar-refractivity contribution >= 4 is 92.6 Å². The summed E-state index contributed by atoms with van der Waals surface area (Å²) in [6.45, 7) is 0. The molecule has 0 aliphatic carbocycles. The van der Waals surface area contributed by atoms with Crippen molar-refractivity contribution < 1.29 is 24.3 Å². The Morgan fingerprint density at radius 3 is 2.80 bits per heavy atom. The van der Waals surface area contributed by atoms with E-state index in [2.05, 4.69) is 19.8 Å². The number of rotatable bonds is 11. The first-order valence-corrected chi connectivity index (χ1v) is 15.6. The van der Waals surface area contributed by atoms with Crippen LogP contribution in [0.25, 0.3) is 0 Å². The second-order valence-corrected chi connectivity index (χ2v) is 13.1. The fraction of sp³-hybridized carbons (Fsp3) is 0.286. The van der Waals surface area contributed by atoms with Gasteiger partial charge in [-0.3, -0.25) is 19.9 Å². The van der Waals surface area contributed by atoms with Crippen LogP contribution in [0.4, 0.5) is 5.13 Å². The maximum absolute atomic E-state index is 13.1. The molecule has 41 heavy (non-hydrogen) atoms. The predicted octanol–water partition coefficient (Wildman–Crippen LogP) is 0.855. The number of anilines is 1. The number of oxime groups is 1. The third-order valence-corrected chi connectivity index (χ3v) is 10.9. The van der Waals surface area contributed by atoms with Crippen LogP contribution < -0.4 is 16.8 Å². The third kappa shape index (κ3) is 6.11. The van der Waals surface area contributed by atoms with Crippen molar-refractivity contribution in [3.8, 4) is 12.1 Å². The SMILES string of the molecule is CON=C(C(=O)N[C@@H]1C(=O)N2C(C(=O)O)=C(CSc3snc(SC(C#N)C(=N)N)c3C#N)CS[C@@H]12)c1csc(N)n1. The zero-order chi connectivity index (χ0) is 29.8. The second-order valence-electron chi connectivity index (χ2n) is 7.94. The number of fused-ring (bicyclic) bond motifs is 1. The van der Waals surface area contributed by atoms with Crippen LogP contribution in [0.1, 0.15) is 11.3 Å². The molecule has 2 aliphatic heterocycles. The van der Waals surface area contributed by atoms with Crippen LogP contribution in [0.2, 0.25) is 0 Å². The lowest BCUT2D eigenvalue weighted by Gasteiger charge is -2.49. The van der Waals surface area contributed by atoms with Gasteiger partial charge in [0, 0.05) is 16.9 Å². The lowest BCUT2D eigenvalue weighted by Crippen LogP contribution is -2.71. The Labute approximate surface area is 252 Å². The standard InChI is InChI=1S/C21H18N10O5S5/c1-36-29-11(9-6-39-21(26)27-9)15(32)28-12-17(33)31-13(19(34)35)7(4-37-18(12)31)5-38-20-8(2-22)16(30-41-20)40-10(3-23)14(24)25/h6,10,12,18H,4-5H2,1H3,(H3,24,25)(H2,26,27)(H,28,32)(H,34,35)/t10?,12-,18+/m1/s1. The van der Waals surface area contributed by atoms with Gasteiger partial charge < -0.3 is 26.7 Å². The number of carbonyl (C=O) groups is 3. The molecule has 2 aromatic heterocycles. The third-order valence-electron chi connectivity index (χ3n) is 5.45. The second kappa shape index (κ2) is 12.8. The van der Waals surface area contributed by atoms with Gasteiger partial charge in [-0.05, 0) is 17.1 Å². The van der Waals surface area contributed by atoms with E-state index in [9.17, 15) is 30.0 Å². The summed E-state index contributed by atoms with van der Waals surface area (Å²) in [5.41, 5.74) is 11.5. The number of nitrogens with zero attached hydrogens (tertiary/aromatic N) is 6. The molecule has 1 saturated heterocycles. The summed E-state index contributed by atoms with van der Waals surface area (Å²) < 4.78 is 4.69. The fourth-order valence-corrected chi connectivity index (χ4v) is 8.58. The Morgan fingerprint density at radius 2 is 2.22 bits per heavy atom. The van der Waals surface area contributed by atoms with Crippen molar-refractivity contribution in [2.75, 3.05) is 24.3 Å². The quantitative estimate of drug-likeness (QED) is 0.0743. The summed E-state index contributed by atoms with van der Waals surface area (Å²) in [4.78, 5) is 48.1. The van der Waals surface area contributed by atoms with Gasteiger partial charge in [0.05, 0.1) is 10.3 Å². The number of β-lactam (4-membered cyclic amide) rings is 1. The van der Waals surface area contributed by atoms with Gasteiger partial charge in [0.15, 0.2) is 16.1 Å². The molecule has 7 N–H and O–H groups in total. The van der Waals surface area contributed by atoms with E-state index < -0.39 is 34.4 Å². The summed E-state index contributed by atoms with van der Waals surface area (Å²) in [6, 6.07) is 2.90. The molecule has 212 valence electrons. The number of nitrogens with two attached hydrogens (primary N) is 2. The van der Waals surface area contributed by atoms with Crippen LogP contribution in [0.3, 0.4) is 0 Å². The van der Waals surface area contributed by atoms with E-state index in [1.165, 1.54) is 36.0 Å². The van der Waals surface area contributed by atoms with E-state index >= 15 is 0 Å². The minimum atomic E-state index is -1.30. The van der Waals surface area contributed by atoms with Gasteiger partial charge in [-0.2, -0.15) is 14.9 Å². The normalized spacial score (nSPS) is 19.0.